The molecule has 0 aromatic carbocycles. The van der Waals surface area contributed by atoms with Gasteiger partial charge >= 0.3 is 0 Å². The summed E-state index contributed by atoms with van der Waals surface area (Å²) in [6.45, 7) is 7.10. The Morgan fingerprint density at radius 3 is 2.67 bits per heavy atom. The van der Waals surface area contributed by atoms with E-state index in [9.17, 15) is 4.79 Å². The van der Waals surface area contributed by atoms with Gasteiger partial charge in [0.1, 0.15) is 0 Å². The van der Waals surface area contributed by atoms with E-state index in [0.29, 0.717) is 6.04 Å². The smallest absolute Gasteiger partial charge is 0.237 e. The molecule has 5 nitrogen and oxygen atoms in total. The molecule has 1 unspecified atom stereocenters. The summed E-state index contributed by atoms with van der Waals surface area (Å²) < 4.78 is 5.31. The van der Waals surface area contributed by atoms with E-state index in [-0.39, 0.29) is 5.91 Å². The average Bonchev–Trinajstić information content (AvgIpc) is 3.10. The first-order valence-corrected chi connectivity index (χ1v) is 6.82. The van der Waals surface area contributed by atoms with Crippen molar-refractivity contribution in [1.29, 1.82) is 0 Å². The molecule has 0 spiro atoms. The van der Waals surface area contributed by atoms with Gasteiger partial charge in [0.15, 0.2) is 0 Å². The fourth-order valence-corrected chi connectivity index (χ4v) is 1.84. The first-order chi connectivity index (χ1) is 8.48. The number of nitrogens with zero attached hydrogens (tertiary/aromatic N) is 1. The number of hydrogen-bond donors (Lipinski definition) is 2. The van der Waals surface area contributed by atoms with Crippen molar-refractivity contribution in [2.24, 2.45) is 5.73 Å². The highest BCUT2D eigenvalue weighted by Crippen LogP contribution is 2.24. The predicted molar refractivity (Wildman–Crippen MR) is 72.4 cm³/mol. The third-order valence-electron chi connectivity index (χ3n) is 3.46. The molecule has 0 aliphatic heterocycles. The van der Waals surface area contributed by atoms with Crippen molar-refractivity contribution in [1.82, 2.24) is 10.2 Å². The van der Waals surface area contributed by atoms with Gasteiger partial charge in [-0.1, -0.05) is 0 Å². The normalized spacial score (nSPS) is 18.9. The number of rotatable bonds is 10. The molecule has 1 aliphatic carbocycles. The van der Waals surface area contributed by atoms with Crippen LogP contribution in [0.1, 0.15) is 33.1 Å². The maximum atomic E-state index is 11.6. The van der Waals surface area contributed by atoms with Crippen molar-refractivity contribution in [2.75, 3.05) is 33.4 Å². The third-order valence-corrected chi connectivity index (χ3v) is 3.46. The van der Waals surface area contributed by atoms with E-state index in [1.807, 2.05) is 20.9 Å². The second-order valence-corrected chi connectivity index (χ2v) is 5.37. The lowest BCUT2D eigenvalue weighted by molar-refractivity contribution is -0.124. The summed E-state index contributed by atoms with van der Waals surface area (Å²) in [7, 11) is 2.04. The van der Waals surface area contributed by atoms with Crippen molar-refractivity contribution in [3.8, 4) is 0 Å². The molecule has 1 fully saturated rings. The maximum absolute atomic E-state index is 11.6. The van der Waals surface area contributed by atoms with Gasteiger partial charge < -0.3 is 20.7 Å². The van der Waals surface area contributed by atoms with E-state index in [0.717, 1.165) is 45.6 Å². The minimum atomic E-state index is -0.582. The molecule has 1 amide bonds. The lowest BCUT2D eigenvalue weighted by Crippen LogP contribution is -2.55. The van der Waals surface area contributed by atoms with E-state index in [4.69, 9.17) is 10.5 Å². The topological polar surface area (TPSA) is 67.6 Å². The largest absolute Gasteiger partial charge is 0.380 e. The molecular weight excluding hydrogens is 230 g/mol. The van der Waals surface area contributed by atoms with Crippen molar-refractivity contribution < 1.29 is 9.53 Å². The Kier molecular flexibility index (Phi) is 6.05. The Bertz CT molecular complexity index is 269. The first kappa shape index (κ1) is 15.4. The number of amides is 1. The number of nitrogens with two attached hydrogens (primary N) is 1. The quantitative estimate of drug-likeness (QED) is 0.554. The van der Waals surface area contributed by atoms with Crippen molar-refractivity contribution in [3.63, 3.8) is 0 Å². The standard InChI is InChI=1S/C13H27N3O2/c1-4-18-10-9-16(3)8-7-13(2,12(14)17)15-11-5-6-11/h11,15H,4-10H2,1-3H3,(H2,14,17). The summed E-state index contributed by atoms with van der Waals surface area (Å²) in [6, 6.07) is 0.483. The van der Waals surface area contributed by atoms with Crippen LogP contribution >= 0.6 is 0 Å². The van der Waals surface area contributed by atoms with Crippen LogP contribution in [-0.2, 0) is 9.53 Å². The van der Waals surface area contributed by atoms with E-state index in [1.54, 1.807) is 0 Å². The Balaban J connectivity index is 2.29. The van der Waals surface area contributed by atoms with Gasteiger partial charge in [0.2, 0.25) is 5.91 Å². The minimum absolute atomic E-state index is 0.257. The van der Waals surface area contributed by atoms with E-state index in [2.05, 4.69) is 10.2 Å². The van der Waals surface area contributed by atoms with Crippen LogP contribution < -0.4 is 11.1 Å². The molecule has 106 valence electrons. The fourth-order valence-electron chi connectivity index (χ4n) is 1.84. The molecule has 0 aromatic rings. The van der Waals surface area contributed by atoms with Crippen LogP contribution in [0, 0.1) is 0 Å². The monoisotopic (exact) mass is 257 g/mol. The SMILES string of the molecule is CCOCCN(C)CCC(C)(NC1CC1)C(N)=O. The van der Waals surface area contributed by atoms with Crippen molar-refractivity contribution in [3.05, 3.63) is 0 Å². The molecule has 0 saturated heterocycles. The van der Waals surface area contributed by atoms with Crippen LogP contribution in [-0.4, -0.2) is 55.7 Å². The molecule has 0 bridgehead atoms. The van der Waals surface area contributed by atoms with Crippen LogP contribution in [0.15, 0.2) is 0 Å². The number of carbonyl (C=O) groups excluding carboxylic acids is 1. The Hall–Kier alpha value is -0.650. The lowest BCUT2D eigenvalue weighted by Gasteiger charge is -2.29. The molecule has 5 heteroatoms. The summed E-state index contributed by atoms with van der Waals surface area (Å²) >= 11 is 0. The second-order valence-electron chi connectivity index (χ2n) is 5.37. The van der Waals surface area contributed by atoms with Crippen LogP contribution in [0.25, 0.3) is 0 Å². The Morgan fingerprint density at radius 2 is 2.17 bits per heavy atom. The minimum Gasteiger partial charge on any atom is -0.380 e. The van der Waals surface area contributed by atoms with Gasteiger partial charge in [-0.25, -0.2) is 0 Å². The first-order valence-electron chi connectivity index (χ1n) is 6.82. The van der Waals surface area contributed by atoms with E-state index >= 15 is 0 Å². The summed E-state index contributed by atoms with van der Waals surface area (Å²) in [6.07, 6.45) is 3.05. The molecule has 0 radical (unpaired) electrons. The number of ether oxygens (including phenoxy) is 1. The van der Waals surface area contributed by atoms with Crippen molar-refractivity contribution in [2.45, 2.75) is 44.7 Å². The maximum Gasteiger partial charge on any atom is 0.237 e. The van der Waals surface area contributed by atoms with Gasteiger partial charge in [0, 0.05) is 25.7 Å². The molecule has 0 aromatic heterocycles. The summed E-state index contributed by atoms with van der Waals surface area (Å²) in [5, 5.41) is 3.36. The highest BCUT2D eigenvalue weighted by molar-refractivity contribution is 5.84. The molecule has 1 atom stereocenters. The Labute approximate surface area is 110 Å². The zero-order chi connectivity index (χ0) is 13.6. The number of carbonyl (C=O) groups is 1. The van der Waals surface area contributed by atoms with Crippen LogP contribution in [0.5, 0.6) is 0 Å². The van der Waals surface area contributed by atoms with Crippen LogP contribution in [0.2, 0.25) is 0 Å². The molecule has 1 aliphatic rings. The molecule has 0 heterocycles. The zero-order valence-electron chi connectivity index (χ0n) is 11.9. The molecule has 3 N–H and O–H groups in total. The fraction of sp³-hybridized carbons (Fsp3) is 0.923. The van der Waals surface area contributed by atoms with E-state index < -0.39 is 5.54 Å². The van der Waals surface area contributed by atoms with Crippen molar-refractivity contribution >= 4 is 5.91 Å². The zero-order valence-corrected chi connectivity index (χ0v) is 11.9. The highest BCUT2D eigenvalue weighted by atomic mass is 16.5. The second kappa shape index (κ2) is 7.07. The number of nitrogens with one attached hydrogen (secondary N) is 1. The molecule has 1 rings (SSSR count). The number of hydrogen-bond acceptors (Lipinski definition) is 4. The van der Waals surface area contributed by atoms with Crippen LogP contribution in [0.4, 0.5) is 0 Å². The van der Waals surface area contributed by atoms with Gasteiger partial charge in [-0.05, 0) is 40.2 Å². The summed E-state index contributed by atoms with van der Waals surface area (Å²) in [5.74, 6) is -0.257. The van der Waals surface area contributed by atoms with E-state index in [1.165, 1.54) is 0 Å². The predicted octanol–water partition coefficient (Wildman–Crippen LogP) is 0.341. The summed E-state index contributed by atoms with van der Waals surface area (Å²) in [5.41, 5.74) is 4.93. The third kappa shape index (κ3) is 5.33. The molecule has 1 saturated carbocycles. The lowest BCUT2D eigenvalue weighted by atomic mass is 9.96. The van der Waals surface area contributed by atoms with Gasteiger partial charge in [-0.3, -0.25) is 4.79 Å². The van der Waals surface area contributed by atoms with Gasteiger partial charge in [0.05, 0.1) is 12.1 Å². The van der Waals surface area contributed by atoms with Gasteiger partial charge in [-0.2, -0.15) is 0 Å². The highest BCUT2D eigenvalue weighted by Gasteiger charge is 2.36. The van der Waals surface area contributed by atoms with Gasteiger partial charge in [-0.15, -0.1) is 0 Å². The molecule has 18 heavy (non-hydrogen) atoms. The van der Waals surface area contributed by atoms with Gasteiger partial charge in [0.25, 0.3) is 0 Å². The Morgan fingerprint density at radius 1 is 1.50 bits per heavy atom. The average molecular weight is 257 g/mol. The number of likely N-dealkylation sites (N-methyl/N-ethyl adjacent to an activating group) is 1. The molecular formula is C13H27N3O2. The summed E-state index contributed by atoms with van der Waals surface area (Å²) in [4.78, 5) is 13.7. The van der Waals surface area contributed by atoms with Crippen LogP contribution in [0.3, 0.4) is 0 Å². The number of primary amides is 1.